The quantitative estimate of drug-likeness (QED) is 0.849. The first-order valence-corrected chi connectivity index (χ1v) is 7.35. The number of benzene rings is 1. The third-order valence-electron chi connectivity index (χ3n) is 4.38. The highest BCUT2D eigenvalue weighted by atomic mass is 16.3. The summed E-state index contributed by atoms with van der Waals surface area (Å²) < 4.78 is 0. The van der Waals surface area contributed by atoms with Gasteiger partial charge in [-0.3, -0.25) is 0 Å². The van der Waals surface area contributed by atoms with E-state index in [0.717, 1.165) is 13.1 Å². The number of rotatable bonds is 6. The van der Waals surface area contributed by atoms with E-state index in [0.29, 0.717) is 12.5 Å². The summed E-state index contributed by atoms with van der Waals surface area (Å²) >= 11 is 0. The number of hydrogen-bond donors (Lipinski definition) is 1. The van der Waals surface area contributed by atoms with Gasteiger partial charge >= 0.3 is 0 Å². The highest BCUT2D eigenvalue weighted by Crippen LogP contribution is 2.45. The van der Waals surface area contributed by atoms with Crippen LogP contribution in [0.15, 0.2) is 18.2 Å². The summed E-state index contributed by atoms with van der Waals surface area (Å²) in [7, 11) is 2.16. The van der Waals surface area contributed by atoms with E-state index in [1.807, 2.05) is 0 Å². The SMILES string of the molecule is Cc1ccc(C(C)C)cc1CN(C)CC1(CO)CC1. The maximum atomic E-state index is 9.42. The third-order valence-corrected chi connectivity index (χ3v) is 4.38. The van der Waals surface area contributed by atoms with Crippen LogP contribution in [0.4, 0.5) is 0 Å². The van der Waals surface area contributed by atoms with Gasteiger partial charge in [0, 0.05) is 25.1 Å². The van der Waals surface area contributed by atoms with Crippen LogP contribution in [0.1, 0.15) is 49.3 Å². The van der Waals surface area contributed by atoms with Gasteiger partial charge in [0.1, 0.15) is 0 Å². The summed E-state index contributed by atoms with van der Waals surface area (Å²) in [6, 6.07) is 6.81. The highest BCUT2D eigenvalue weighted by Gasteiger charge is 2.42. The minimum atomic E-state index is 0.207. The summed E-state index contributed by atoms with van der Waals surface area (Å²) in [6.07, 6.45) is 2.36. The molecule has 0 atom stereocenters. The maximum absolute atomic E-state index is 9.42. The lowest BCUT2D eigenvalue weighted by Gasteiger charge is -2.23. The molecule has 2 rings (SSSR count). The Kier molecular flexibility index (Phi) is 4.32. The van der Waals surface area contributed by atoms with Crippen molar-refractivity contribution in [3.8, 4) is 0 Å². The molecule has 0 heterocycles. The van der Waals surface area contributed by atoms with Crippen LogP contribution in [-0.2, 0) is 6.54 Å². The van der Waals surface area contributed by atoms with Crippen molar-refractivity contribution < 1.29 is 5.11 Å². The summed E-state index contributed by atoms with van der Waals surface area (Å²) in [6.45, 7) is 8.99. The Morgan fingerprint density at radius 3 is 2.53 bits per heavy atom. The lowest BCUT2D eigenvalue weighted by molar-refractivity contribution is 0.161. The van der Waals surface area contributed by atoms with E-state index >= 15 is 0 Å². The van der Waals surface area contributed by atoms with Gasteiger partial charge in [-0.05, 0) is 49.4 Å². The van der Waals surface area contributed by atoms with Gasteiger partial charge in [-0.2, -0.15) is 0 Å². The van der Waals surface area contributed by atoms with E-state index in [9.17, 15) is 5.11 Å². The van der Waals surface area contributed by atoms with Crippen molar-refractivity contribution in [3.63, 3.8) is 0 Å². The first kappa shape index (κ1) is 14.5. The molecule has 0 radical (unpaired) electrons. The molecule has 2 heteroatoms. The Morgan fingerprint density at radius 1 is 1.32 bits per heavy atom. The standard InChI is InChI=1S/C17H27NO/c1-13(2)15-6-5-14(3)16(9-15)10-18(4)11-17(12-19)7-8-17/h5-6,9,13,19H,7-8,10-12H2,1-4H3. The number of aryl methyl sites for hydroxylation is 1. The Bertz CT molecular complexity index is 435. The first-order valence-electron chi connectivity index (χ1n) is 7.35. The summed E-state index contributed by atoms with van der Waals surface area (Å²) in [5.41, 5.74) is 4.41. The Labute approximate surface area is 117 Å². The van der Waals surface area contributed by atoms with Gasteiger partial charge in [-0.1, -0.05) is 32.0 Å². The van der Waals surface area contributed by atoms with Crippen molar-refractivity contribution in [3.05, 3.63) is 34.9 Å². The summed E-state index contributed by atoms with van der Waals surface area (Å²) in [5.74, 6) is 0.580. The van der Waals surface area contributed by atoms with E-state index in [1.54, 1.807) is 0 Å². The van der Waals surface area contributed by atoms with Crippen LogP contribution in [-0.4, -0.2) is 30.2 Å². The molecule has 19 heavy (non-hydrogen) atoms. The number of aliphatic hydroxyl groups excluding tert-OH is 1. The molecule has 0 aliphatic heterocycles. The van der Waals surface area contributed by atoms with Gasteiger partial charge in [0.05, 0.1) is 0 Å². The van der Waals surface area contributed by atoms with E-state index in [4.69, 9.17) is 0 Å². The fourth-order valence-electron chi connectivity index (χ4n) is 2.68. The molecule has 1 fully saturated rings. The van der Waals surface area contributed by atoms with Gasteiger partial charge in [0.15, 0.2) is 0 Å². The lowest BCUT2D eigenvalue weighted by atomic mass is 9.97. The summed E-state index contributed by atoms with van der Waals surface area (Å²) in [5, 5.41) is 9.42. The molecule has 1 aliphatic rings. The maximum Gasteiger partial charge on any atom is 0.0499 e. The van der Waals surface area contributed by atoms with Crippen molar-refractivity contribution in [2.24, 2.45) is 5.41 Å². The Balaban J connectivity index is 2.03. The van der Waals surface area contributed by atoms with Crippen LogP contribution < -0.4 is 0 Å². The van der Waals surface area contributed by atoms with E-state index in [-0.39, 0.29) is 5.41 Å². The lowest BCUT2D eigenvalue weighted by Crippen LogP contribution is -2.28. The molecule has 1 N–H and O–H groups in total. The average molecular weight is 261 g/mol. The molecule has 1 aliphatic carbocycles. The zero-order valence-corrected chi connectivity index (χ0v) is 12.7. The van der Waals surface area contributed by atoms with Crippen molar-refractivity contribution in [1.82, 2.24) is 4.90 Å². The Morgan fingerprint density at radius 2 is 2.00 bits per heavy atom. The normalized spacial score (nSPS) is 17.2. The van der Waals surface area contributed by atoms with Crippen LogP contribution in [0.25, 0.3) is 0 Å². The van der Waals surface area contributed by atoms with Crippen LogP contribution in [0, 0.1) is 12.3 Å². The first-order chi connectivity index (χ1) is 8.96. The van der Waals surface area contributed by atoms with Crippen molar-refractivity contribution >= 4 is 0 Å². The van der Waals surface area contributed by atoms with Gasteiger partial charge < -0.3 is 10.0 Å². The van der Waals surface area contributed by atoms with Crippen molar-refractivity contribution in [1.29, 1.82) is 0 Å². The molecule has 2 nitrogen and oxygen atoms in total. The van der Waals surface area contributed by atoms with Gasteiger partial charge in [0.25, 0.3) is 0 Å². The van der Waals surface area contributed by atoms with Gasteiger partial charge in [0.2, 0.25) is 0 Å². The molecule has 106 valence electrons. The molecule has 0 amide bonds. The van der Waals surface area contributed by atoms with Gasteiger partial charge in [-0.15, -0.1) is 0 Å². The molecule has 1 aromatic rings. The zero-order valence-electron chi connectivity index (χ0n) is 12.7. The summed E-state index contributed by atoms with van der Waals surface area (Å²) in [4.78, 5) is 2.36. The van der Waals surface area contributed by atoms with E-state index in [2.05, 4.69) is 50.9 Å². The van der Waals surface area contributed by atoms with Crippen molar-refractivity contribution in [2.45, 2.75) is 46.1 Å². The average Bonchev–Trinajstić information content (AvgIpc) is 3.12. The predicted molar refractivity (Wildman–Crippen MR) is 80.4 cm³/mol. The molecule has 0 saturated heterocycles. The molecule has 0 aromatic heterocycles. The minimum Gasteiger partial charge on any atom is -0.396 e. The molecule has 1 saturated carbocycles. The molecule has 0 spiro atoms. The Hall–Kier alpha value is -0.860. The van der Waals surface area contributed by atoms with Crippen molar-refractivity contribution in [2.75, 3.05) is 20.2 Å². The number of hydrogen-bond acceptors (Lipinski definition) is 2. The predicted octanol–water partition coefficient (Wildman–Crippen LogP) is 3.32. The van der Waals surface area contributed by atoms with Crippen LogP contribution in [0.2, 0.25) is 0 Å². The molecule has 0 bridgehead atoms. The fourth-order valence-corrected chi connectivity index (χ4v) is 2.68. The second-order valence-electron chi connectivity index (χ2n) is 6.67. The second kappa shape index (κ2) is 5.64. The molecule has 0 unspecified atom stereocenters. The molecule has 1 aromatic carbocycles. The fraction of sp³-hybridized carbons (Fsp3) is 0.647. The number of nitrogens with zero attached hydrogens (tertiary/aromatic N) is 1. The molecular formula is C17H27NO. The minimum absolute atomic E-state index is 0.207. The smallest absolute Gasteiger partial charge is 0.0499 e. The molecular weight excluding hydrogens is 234 g/mol. The van der Waals surface area contributed by atoms with Gasteiger partial charge in [-0.25, -0.2) is 0 Å². The van der Waals surface area contributed by atoms with Crippen LogP contribution in [0.5, 0.6) is 0 Å². The largest absolute Gasteiger partial charge is 0.396 e. The second-order valence-corrected chi connectivity index (χ2v) is 6.67. The monoisotopic (exact) mass is 261 g/mol. The number of aliphatic hydroxyl groups is 1. The third kappa shape index (κ3) is 3.58. The van der Waals surface area contributed by atoms with Crippen LogP contribution >= 0.6 is 0 Å². The topological polar surface area (TPSA) is 23.5 Å². The highest BCUT2D eigenvalue weighted by molar-refractivity contribution is 5.32. The van der Waals surface area contributed by atoms with E-state index < -0.39 is 0 Å². The van der Waals surface area contributed by atoms with E-state index in [1.165, 1.54) is 29.5 Å². The van der Waals surface area contributed by atoms with Crippen LogP contribution in [0.3, 0.4) is 0 Å². The zero-order chi connectivity index (χ0) is 14.0.